The molecule has 2 N–H and O–H groups in total. The average Bonchev–Trinajstić information content (AvgIpc) is 2.57. The number of benzene rings is 2. The Kier molecular flexibility index (Phi) is 6.63. The van der Waals surface area contributed by atoms with Crippen molar-refractivity contribution in [2.45, 2.75) is 6.18 Å². The van der Waals surface area contributed by atoms with Crippen molar-refractivity contribution in [1.82, 2.24) is 0 Å². The summed E-state index contributed by atoms with van der Waals surface area (Å²) in [5.41, 5.74) is 0.328. The van der Waals surface area contributed by atoms with E-state index in [1.807, 2.05) is 0 Å². The van der Waals surface area contributed by atoms with Crippen LogP contribution < -0.4 is 15.4 Å². The third-order valence-corrected chi connectivity index (χ3v) is 3.77. The van der Waals surface area contributed by atoms with Crippen LogP contribution in [0.1, 0.15) is 5.56 Å². The van der Waals surface area contributed by atoms with Crippen LogP contribution in [-0.2, 0) is 6.18 Å². The Balaban J connectivity index is 2.03. The number of carbonyl (C=O) groups is 1. The molecule has 0 spiro atoms. The fraction of sp³-hybridized carbons (Fsp3) is 0.0625. The van der Waals surface area contributed by atoms with E-state index in [-0.39, 0.29) is 10.9 Å². The van der Waals surface area contributed by atoms with Crippen molar-refractivity contribution in [2.24, 2.45) is 0 Å². The molecule has 0 atom stereocenters. The van der Waals surface area contributed by atoms with Gasteiger partial charge in [-0.2, -0.15) is 13.2 Å². The SMILES string of the molecule is O=C(Nc1ccc(OC(Cl)=CCl)cc1)Nc1ccc(Cl)c(C(F)(F)F)c1. The Labute approximate surface area is 161 Å². The van der Waals surface area contributed by atoms with E-state index in [9.17, 15) is 18.0 Å². The van der Waals surface area contributed by atoms with Crippen molar-refractivity contribution in [3.63, 3.8) is 0 Å². The maximum absolute atomic E-state index is 12.8. The molecular formula is C16H10Cl3F3N2O2. The standard InChI is InChI=1S/C16H10Cl3F3N2O2/c17-8-14(19)26-11-4-1-9(2-5-11)23-15(25)24-10-3-6-13(18)12(7-10)16(20,21)22/h1-8H,(H2,23,24,25). The van der Waals surface area contributed by atoms with E-state index in [1.165, 1.54) is 30.3 Å². The highest BCUT2D eigenvalue weighted by atomic mass is 35.5. The number of urea groups is 1. The van der Waals surface area contributed by atoms with E-state index in [2.05, 4.69) is 10.6 Å². The molecule has 2 amide bonds. The first-order valence-corrected chi connectivity index (χ1v) is 8.07. The van der Waals surface area contributed by atoms with Gasteiger partial charge in [0.05, 0.1) is 16.1 Å². The van der Waals surface area contributed by atoms with Gasteiger partial charge in [-0.3, -0.25) is 0 Å². The zero-order chi connectivity index (χ0) is 19.3. The van der Waals surface area contributed by atoms with Crippen LogP contribution in [0.2, 0.25) is 5.02 Å². The lowest BCUT2D eigenvalue weighted by atomic mass is 10.2. The van der Waals surface area contributed by atoms with Gasteiger partial charge in [-0.05, 0) is 54.1 Å². The van der Waals surface area contributed by atoms with Crippen molar-refractivity contribution >= 4 is 52.2 Å². The number of rotatable bonds is 4. The third kappa shape index (κ3) is 5.72. The molecule has 0 saturated heterocycles. The summed E-state index contributed by atoms with van der Waals surface area (Å²) in [6.45, 7) is 0. The highest BCUT2D eigenvalue weighted by Crippen LogP contribution is 2.36. The second kappa shape index (κ2) is 8.53. The normalized spacial score (nSPS) is 11.8. The molecule has 0 saturated carbocycles. The van der Waals surface area contributed by atoms with Gasteiger partial charge in [0.1, 0.15) is 5.75 Å². The Morgan fingerprint density at radius 3 is 2.19 bits per heavy atom. The minimum absolute atomic E-state index is 0.0340. The van der Waals surface area contributed by atoms with E-state index >= 15 is 0 Å². The van der Waals surface area contributed by atoms with Gasteiger partial charge in [0.25, 0.3) is 0 Å². The van der Waals surface area contributed by atoms with E-state index < -0.39 is 22.8 Å². The lowest BCUT2D eigenvalue weighted by molar-refractivity contribution is -0.137. The van der Waals surface area contributed by atoms with Crippen LogP contribution in [0, 0.1) is 0 Å². The third-order valence-electron chi connectivity index (χ3n) is 2.94. The molecule has 26 heavy (non-hydrogen) atoms. The molecule has 4 nitrogen and oxygen atoms in total. The predicted octanol–water partition coefficient (Wildman–Crippen LogP) is 6.66. The van der Waals surface area contributed by atoms with Gasteiger partial charge in [-0.15, -0.1) is 0 Å². The number of alkyl halides is 3. The van der Waals surface area contributed by atoms with Gasteiger partial charge < -0.3 is 15.4 Å². The largest absolute Gasteiger partial charge is 0.444 e. The van der Waals surface area contributed by atoms with Crippen LogP contribution >= 0.6 is 34.8 Å². The Morgan fingerprint density at radius 1 is 1.04 bits per heavy atom. The molecule has 138 valence electrons. The molecule has 0 aliphatic heterocycles. The number of amides is 2. The summed E-state index contributed by atoms with van der Waals surface area (Å²) in [6.07, 6.45) is -4.63. The molecule has 0 fully saturated rings. The topological polar surface area (TPSA) is 50.4 Å². The number of ether oxygens (including phenoxy) is 1. The fourth-order valence-electron chi connectivity index (χ4n) is 1.85. The Bertz CT molecular complexity index is 824. The molecule has 2 aromatic carbocycles. The molecule has 0 aliphatic rings. The van der Waals surface area contributed by atoms with Crippen molar-refractivity contribution in [3.8, 4) is 5.75 Å². The Hall–Kier alpha value is -2.09. The van der Waals surface area contributed by atoms with E-state index in [0.29, 0.717) is 11.4 Å². The first kappa shape index (κ1) is 20.2. The maximum atomic E-state index is 12.8. The summed E-state index contributed by atoms with van der Waals surface area (Å²) in [5.74, 6) is 0.380. The summed E-state index contributed by atoms with van der Waals surface area (Å²) in [6, 6.07) is 8.39. The molecule has 0 radical (unpaired) electrons. The molecular weight excluding hydrogens is 416 g/mol. The van der Waals surface area contributed by atoms with Crippen LogP contribution in [0.15, 0.2) is 53.2 Å². The van der Waals surface area contributed by atoms with Gasteiger partial charge in [0.15, 0.2) is 0 Å². The summed E-state index contributed by atoms with van der Waals surface area (Å²) in [7, 11) is 0. The zero-order valence-electron chi connectivity index (χ0n) is 12.7. The van der Waals surface area contributed by atoms with Crippen molar-refractivity contribution in [1.29, 1.82) is 0 Å². The van der Waals surface area contributed by atoms with Gasteiger partial charge in [-0.1, -0.05) is 23.2 Å². The van der Waals surface area contributed by atoms with Crippen LogP contribution in [0.5, 0.6) is 5.75 Å². The lowest BCUT2D eigenvalue weighted by Gasteiger charge is -2.12. The van der Waals surface area contributed by atoms with Gasteiger partial charge in [0.2, 0.25) is 5.22 Å². The molecule has 0 unspecified atom stereocenters. The molecule has 0 heterocycles. The summed E-state index contributed by atoms with van der Waals surface area (Å²) < 4.78 is 43.6. The second-order valence-electron chi connectivity index (χ2n) is 4.81. The van der Waals surface area contributed by atoms with E-state index in [4.69, 9.17) is 39.5 Å². The highest BCUT2D eigenvalue weighted by molar-refractivity contribution is 6.35. The first-order chi connectivity index (χ1) is 12.2. The maximum Gasteiger partial charge on any atom is 0.417 e. The number of nitrogens with one attached hydrogen (secondary N) is 2. The quantitative estimate of drug-likeness (QED) is 0.538. The monoisotopic (exact) mass is 424 g/mol. The van der Waals surface area contributed by atoms with E-state index in [0.717, 1.165) is 17.7 Å². The number of hydrogen-bond acceptors (Lipinski definition) is 2. The summed E-state index contributed by atoms with van der Waals surface area (Å²) in [4.78, 5) is 11.9. The Morgan fingerprint density at radius 2 is 1.62 bits per heavy atom. The highest BCUT2D eigenvalue weighted by Gasteiger charge is 2.33. The number of anilines is 2. The molecule has 0 aromatic heterocycles. The minimum Gasteiger partial charge on any atom is -0.444 e. The van der Waals surface area contributed by atoms with Crippen LogP contribution in [0.4, 0.5) is 29.3 Å². The van der Waals surface area contributed by atoms with Crippen LogP contribution in [-0.4, -0.2) is 6.03 Å². The second-order valence-corrected chi connectivity index (χ2v) is 5.81. The van der Waals surface area contributed by atoms with Crippen LogP contribution in [0.3, 0.4) is 0 Å². The van der Waals surface area contributed by atoms with Gasteiger partial charge in [0, 0.05) is 11.4 Å². The summed E-state index contributed by atoms with van der Waals surface area (Å²) >= 11 is 16.5. The number of carbonyl (C=O) groups excluding carboxylic acids is 1. The van der Waals surface area contributed by atoms with Gasteiger partial charge in [-0.25, -0.2) is 4.79 Å². The first-order valence-electron chi connectivity index (χ1n) is 6.87. The number of hydrogen-bond donors (Lipinski definition) is 2. The fourth-order valence-corrected chi connectivity index (χ4v) is 2.21. The smallest absolute Gasteiger partial charge is 0.417 e. The van der Waals surface area contributed by atoms with Crippen molar-refractivity contribution < 1.29 is 22.7 Å². The minimum atomic E-state index is -4.63. The number of halogens is 6. The average molecular weight is 426 g/mol. The molecule has 2 rings (SSSR count). The zero-order valence-corrected chi connectivity index (χ0v) is 15.0. The van der Waals surface area contributed by atoms with Crippen LogP contribution in [0.25, 0.3) is 0 Å². The molecule has 0 bridgehead atoms. The van der Waals surface area contributed by atoms with E-state index in [1.54, 1.807) is 0 Å². The molecule has 2 aromatic rings. The van der Waals surface area contributed by atoms with Crippen molar-refractivity contribution in [2.75, 3.05) is 10.6 Å². The molecule has 0 aliphatic carbocycles. The van der Waals surface area contributed by atoms with Gasteiger partial charge >= 0.3 is 12.2 Å². The summed E-state index contributed by atoms with van der Waals surface area (Å²) in [5, 5.41) is 4.27. The predicted molar refractivity (Wildman–Crippen MR) is 96.0 cm³/mol. The molecule has 10 heteroatoms. The van der Waals surface area contributed by atoms with Crippen molar-refractivity contribution in [3.05, 3.63) is 63.8 Å². The lowest BCUT2D eigenvalue weighted by Crippen LogP contribution is -2.19.